The number of hydrogen-bond acceptors (Lipinski definition) is 5. The van der Waals surface area contributed by atoms with Crippen LogP contribution in [0.4, 0.5) is 4.79 Å². The molecule has 0 aliphatic carbocycles. The molecule has 2 amide bonds. The fourth-order valence-electron chi connectivity index (χ4n) is 6.28. The van der Waals surface area contributed by atoms with E-state index in [4.69, 9.17) is 22.1 Å². The fourth-order valence-corrected chi connectivity index (χ4v) is 6.40. The van der Waals surface area contributed by atoms with Crippen molar-refractivity contribution in [2.75, 3.05) is 19.6 Å². The van der Waals surface area contributed by atoms with Crippen LogP contribution in [0.15, 0.2) is 84.9 Å². The first-order valence-corrected chi connectivity index (χ1v) is 15.9. The number of rotatable bonds is 13. The Hall–Kier alpha value is -3.39. The van der Waals surface area contributed by atoms with Gasteiger partial charge in [0.1, 0.15) is 11.6 Å². The Labute approximate surface area is 266 Å². The summed E-state index contributed by atoms with van der Waals surface area (Å²) in [4.78, 5) is 26.4. The summed E-state index contributed by atoms with van der Waals surface area (Å²) in [5, 5.41) is 14.5. The third kappa shape index (κ3) is 8.62. The number of nitrogens with two attached hydrogens (primary N) is 1. The Morgan fingerprint density at radius 2 is 1.48 bits per heavy atom. The van der Waals surface area contributed by atoms with E-state index in [9.17, 15) is 14.7 Å². The average Bonchev–Trinajstić information content (AvgIpc) is 3.00. The van der Waals surface area contributed by atoms with E-state index in [1.165, 1.54) is 18.1 Å². The highest BCUT2D eigenvalue weighted by atomic mass is 35.5. The van der Waals surface area contributed by atoms with Crippen molar-refractivity contribution in [3.63, 3.8) is 0 Å². The molecular weight excluding hydrogens is 574 g/mol. The van der Waals surface area contributed by atoms with Crippen LogP contribution >= 0.6 is 11.6 Å². The molecule has 0 aromatic heterocycles. The summed E-state index contributed by atoms with van der Waals surface area (Å²) in [5.41, 5.74) is 6.77. The van der Waals surface area contributed by atoms with Crippen molar-refractivity contribution in [2.45, 2.75) is 82.0 Å². The Kier molecular flexibility index (Phi) is 11.1. The molecule has 1 aliphatic rings. The van der Waals surface area contributed by atoms with E-state index in [1.54, 1.807) is 0 Å². The number of carbonyl (C=O) groups is 2. The van der Waals surface area contributed by atoms with Crippen molar-refractivity contribution < 1.29 is 19.4 Å². The monoisotopic (exact) mass is 619 g/mol. The predicted octanol–water partition coefficient (Wildman–Crippen LogP) is 6.55. The molecule has 0 saturated carbocycles. The van der Waals surface area contributed by atoms with Crippen LogP contribution in [-0.2, 0) is 20.5 Å². The van der Waals surface area contributed by atoms with Gasteiger partial charge in [-0.15, -0.1) is 0 Å². The molecule has 7 nitrogen and oxygen atoms in total. The Balaban J connectivity index is 1.48. The average molecular weight is 620 g/mol. The van der Waals surface area contributed by atoms with E-state index in [0.29, 0.717) is 24.3 Å². The van der Waals surface area contributed by atoms with Crippen molar-refractivity contribution in [2.24, 2.45) is 5.73 Å². The van der Waals surface area contributed by atoms with Crippen LogP contribution in [-0.4, -0.2) is 53.3 Å². The minimum atomic E-state index is -0.827. The summed E-state index contributed by atoms with van der Waals surface area (Å²) >= 11 is 6.07. The van der Waals surface area contributed by atoms with E-state index in [2.05, 4.69) is 58.7 Å². The lowest BCUT2D eigenvalue weighted by Crippen LogP contribution is -2.45. The summed E-state index contributed by atoms with van der Waals surface area (Å²) in [5.74, 6) is -0.615. The lowest BCUT2D eigenvalue weighted by Gasteiger charge is -2.40. The minimum absolute atomic E-state index is 0.306. The first kappa shape index (κ1) is 33.5. The van der Waals surface area contributed by atoms with Crippen molar-refractivity contribution in [1.82, 2.24) is 10.2 Å². The highest BCUT2D eigenvalue weighted by molar-refractivity contribution is 6.30. The molecule has 236 valence electrons. The molecule has 3 aromatic rings. The molecule has 1 atom stereocenters. The van der Waals surface area contributed by atoms with Gasteiger partial charge in [-0.05, 0) is 94.7 Å². The number of ether oxygens (including phenoxy) is 1. The molecule has 44 heavy (non-hydrogen) atoms. The van der Waals surface area contributed by atoms with Crippen molar-refractivity contribution in [3.05, 3.63) is 107 Å². The molecular formula is C36H46ClN3O4. The highest BCUT2D eigenvalue weighted by Gasteiger charge is 2.38. The molecule has 1 fully saturated rings. The van der Waals surface area contributed by atoms with Gasteiger partial charge in [-0.1, -0.05) is 84.4 Å². The summed E-state index contributed by atoms with van der Waals surface area (Å²) in [7, 11) is 0. The minimum Gasteiger partial charge on any atom is -0.444 e. The SMILES string of the molecule is CC(NC(=O)OC(C)(C)CCC(CCCN1CCC(O)(c2ccc(Cl)cc2)CC1)(c1ccccc1)c1ccccc1)C(N)=O. The van der Waals surface area contributed by atoms with Gasteiger partial charge in [0.15, 0.2) is 0 Å². The Bertz CT molecular complexity index is 1320. The number of aliphatic hydroxyl groups is 1. The van der Waals surface area contributed by atoms with Crippen LogP contribution in [0, 0.1) is 0 Å². The van der Waals surface area contributed by atoms with Gasteiger partial charge in [0, 0.05) is 23.5 Å². The first-order chi connectivity index (χ1) is 20.9. The molecule has 8 heteroatoms. The van der Waals surface area contributed by atoms with Gasteiger partial charge >= 0.3 is 6.09 Å². The number of carbonyl (C=O) groups excluding carboxylic acids is 2. The highest BCUT2D eigenvalue weighted by Crippen LogP contribution is 2.43. The van der Waals surface area contributed by atoms with E-state index in [-0.39, 0.29) is 5.41 Å². The van der Waals surface area contributed by atoms with E-state index >= 15 is 0 Å². The number of piperidine rings is 1. The normalized spacial score (nSPS) is 16.2. The maximum absolute atomic E-state index is 12.6. The van der Waals surface area contributed by atoms with Gasteiger partial charge in [0.05, 0.1) is 5.60 Å². The molecule has 4 rings (SSSR count). The molecule has 1 heterocycles. The smallest absolute Gasteiger partial charge is 0.408 e. The fraction of sp³-hybridized carbons (Fsp3) is 0.444. The second-order valence-electron chi connectivity index (χ2n) is 12.7. The zero-order valence-corrected chi connectivity index (χ0v) is 26.9. The number of halogens is 1. The van der Waals surface area contributed by atoms with Crippen LogP contribution in [0.5, 0.6) is 0 Å². The number of amides is 2. The molecule has 0 radical (unpaired) electrons. The molecule has 0 bridgehead atoms. The van der Waals surface area contributed by atoms with Crippen LogP contribution in [0.25, 0.3) is 0 Å². The Morgan fingerprint density at radius 3 is 2.00 bits per heavy atom. The zero-order valence-electron chi connectivity index (χ0n) is 26.1. The number of hydrogen-bond donors (Lipinski definition) is 3. The summed E-state index contributed by atoms with van der Waals surface area (Å²) < 4.78 is 5.79. The second kappa shape index (κ2) is 14.6. The molecule has 1 saturated heterocycles. The third-order valence-electron chi connectivity index (χ3n) is 9.08. The predicted molar refractivity (Wildman–Crippen MR) is 176 cm³/mol. The van der Waals surface area contributed by atoms with Gasteiger partial charge in [-0.25, -0.2) is 4.79 Å². The van der Waals surface area contributed by atoms with E-state index in [0.717, 1.165) is 44.5 Å². The zero-order chi connectivity index (χ0) is 31.8. The van der Waals surface area contributed by atoms with E-state index in [1.807, 2.05) is 50.2 Å². The number of likely N-dealkylation sites (tertiary alicyclic amines) is 1. The van der Waals surface area contributed by atoms with Gasteiger partial charge in [0.25, 0.3) is 0 Å². The van der Waals surface area contributed by atoms with Crippen molar-refractivity contribution in [1.29, 1.82) is 0 Å². The Morgan fingerprint density at radius 1 is 0.932 bits per heavy atom. The number of benzene rings is 3. The third-order valence-corrected chi connectivity index (χ3v) is 9.33. The number of primary amides is 1. The van der Waals surface area contributed by atoms with E-state index < -0.39 is 29.2 Å². The maximum atomic E-state index is 12.6. The largest absolute Gasteiger partial charge is 0.444 e. The maximum Gasteiger partial charge on any atom is 0.408 e. The van der Waals surface area contributed by atoms with Crippen LogP contribution < -0.4 is 11.1 Å². The number of nitrogens with zero attached hydrogens (tertiary/aromatic N) is 1. The van der Waals surface area contributed by atoms with Gasteiger partial charge in [0.2, 0.25) is 5.91 Å². The van der Waals surface area contributed by atoms with Gasteiger partial charge in [-0.3, -0.25) is 4.79 Å². The van der Waals surface area contributed by atoms with Crippen LogP contribution in [0.2, 0.25) is 5.02 Å². The molecule has 3 aromatic carbocycles. The van der Waals surface area contributed by atoms with Gasteiger partial charge in [-0.2, -0.15) is 0 Å². The lowest BCUT2D eigenvalue weighted by molar-refractivity contribution is -0.119. The molecule has 4 N–H and O–H groups in total. The van der Waals surface area contributed by atoms with Crippen molar-refractivity contribution >= 4 is 23.6 Å². The number of alkyl carbamates (subject to hydrolysis) is 1. The molecule has 0 spiro atoms. The summed E-state index contributed by atoms with van der Waals surface area (Å²) in [6.07, 6.45) is 3.92. The van der Waals surface area contributed by atoms with Crippen molar-refractivity contribution in [3.8, 4) is 0 Å². The quantitative estimate of drug-likeness (QED) is 0.201. The second-order valence-corrected chi connectivity index (χ2v) is 13.2. The summed E-state index contributed by atoms with van der Waals surface area (Å²) in [6.45, 7) is 7.90. The topological polar surface area (TPSA) is 105 Å². The van der Waals surface area contributed by atoms with Crippen LogP contribution in [0.3, 0.4) is 0 Å². The molecule has 1 unspecified atom stereocenters. The lowest BCUT2D eigenvalue weighted by atomic mass is 9.67. The van der Waals surface area contributed by atoms with Crippen LogP contribution in [0.1, 0.15) is 76.0 Å². The molecule has 1 aliphatic heterocycles. The number of nitrogens with one attached hydrogen (secondary N) is 1. The summed E-state index contributed by atoms with van der Waals surface area (Å²) in [6, 6.07) is 27.9. The van der Waals surface area contributed by atoms with Gasteiger partial charge < -0.3 is 25.8 Å². The first-order valence-electron chi connectivity index (χ1n) is 15.5. The standard InChI is InChI=1S/C36H46ClN3O4/c1-27(32(38)41)39-33(42)44-34(2,3)20-21-35(28-11-6-4-7-12-28,29-13-8-5-9-14-29)19-10-24-40-25-22-36(43,23-26-40)30-15-17-31(37)18-16-30/h4-9,11-18,27,43H,10,19-26H2,1-3H3,(H2,38,41)(H,39,42).